The van der Waals surface area contributed by atoms with Gasteiger partial charge in [-0.25, -0.2) is 0 Å². The minimum absolute atomic E-state index is 0. The molecule has 0 aromatic heterocycles. The Morgan fingerprint density at radius 3 is 0.571 bits per heavy atom. The van der Waals surface area contributed by atoms with E-state index in [2.05, 4.69) is 0 Å². The van der Waals surface area contributed by atoms with E-state index in [-0.39, 0.29) is 179 Å². The number of rotatable bonds is 0. The molecule has 0 heterocycles. The molecule has 0 spiro atoms. The minimum Gasteiger partial charge on any atom is -1.00 e. The maximum Gasteiger partial charge on any atom is 2.00 e. The molecule has 72 valence electrons. The molecule has 0 fully saturated rings. The summed E-state index contributed by atoms with van der Waals surface area (Å²) >= 11 is 0. The van der Waals surface area contributed by atoms with E-state index in [4.69, 9.17) is 14.1 Å². The Kier molecular flexibility index (Phi) is 641. The topological polar surface area (TPSA) is 63.2 Å². The van der Waals surface area contributed by atoms with E-state index in [0.717, 1.165) is 0 Å². The Balaban J connectivity index is -0.000000001000. The van der Waals surface area contributed by atoms with Gasteiger partial charge in [-0.2, -0.15) is 0 Å². The van der Waals surface area contributed by atoms with Crippen LogP contribution in [0.15, 0.2) is 0 Å². The van der Waals surface area contributed by atoms with Crippen molar-refractivity contribution in [1.29, 1.82) is 0 Å². The summed E-state index contributed by atoms with van der Waals surface area (Å²) in [4.78, 5) is 17.0. The SMILES string of the molecule is O=[Si]([O-])[O-].[Ca+2].[Ca+2].[Ca+2].[Ca+2].[F-].[F-].[F-].[F-].[F-].[F-]. The third-order valence-electron chi connectivity index (χ3n) is 0. The molecule has 0 aromatic carbocycles. The molecule has 0 saturated carbocycles. The standard InChI is InChI=1S/4Ca.6FH.O3Si/c;;;;;;;;;;1-4(2)3/h;;;;6*1H;/q4*+2;;;;;;;-2/p-6. The van der Waals surface area contributed by atoms with Crippen LogP contribution >= 0.6 is 0 Å². The summed E-state index contributed by atoms with van der Waals surface area (Å²) < 4.78 is 8.52. The van der Waals surface area contributed by atoms with Gasteiger partial charge in [0.05, 0.1) is 0 Å². The van der Waals surface area contributed by atoms with E-state index in [1.807, 2.05) is 0 Å². The first kappa shape index (κ1) is 103. The molecule has 0 N–H and O–H groups in total. The van der Waals surface area contributed by atoms with E-state index in [1.54, 1.807) is 0 Å². The molecular weight excluding hydrogens is 350 g/mol. The molecule has 0 bridgehead atoms. The van der Waals surface area contributed by atoms with Crippen LogP contribution in [-0.2, 0) is 4.46 Å². The van der Waals surface area contributed by atoms with Crippen molar-refractivity contribution in [1.82, 2.24) is 0 Å². The zero-order valence-electron chi connectivity index (χ0n) is 6.82. The molecule has 0 radical (unpaired) electrons. The normalized spacial score (nSPS) is 1.71. The molecule has 0 rings (SSSR count). The summed E-state index contributed by atoms with van der Waals surface area (Å²) in [6.45, 7) is 0. The van der Waals surface area contributed by atoms with Crippen molar-refractivity contribution in [3.8, 4) is 0 Å². The van der Waals surface area contributed by atoms with E-state index in [0.29, 0.717) is 0 Å². The van der Waals surface area contributed by atoms with Gasteiger partial charge in [0.15, 0.2) is 0 Å². The van der Waals surface area contributed by atoms with Crippen LogP contribution in [0.2, 0.25) is 0 Å². The van der Waals surface area contributed by atoms with Gasteiger partial charge in [0.2, 0.25) is 0 Å². The van der Waals surface area contributed by atoms with Crippen molar-refractivity contribution in [2.45, 2.75) is 0 Å². The Morgan fingerprint density at radius 2 is 0.571 bits per heavy atom. The zero-order valence-corrected chi connectivity index (χ0v) is 16.7. The Labute approximate surface area is 197 Å². The summed E-state index contributed by atoms with van der Waals surface area (Å²) in [5.41, 5.74) is 0. The van der Waals surface area contributed by atoms with Gasteiger partial charge in [-0.1, -0.05) is 0 Å². The maximum absolute atomic E-state index is 8.52. The third kappa shape index (κ3) is 210. The smallest absolute Gasteiger partial charge is 1.00 e. The fourth-order valence-electron chi connectivity index (χ4n) is 0. The number of hydrogen-bond donors (Lipinski definition) is 0. The first-order valence-electron chi connectivity index (χ1n) is 0.612. The van der Waals surface area contributed by atoms with Gasteiger partial charge in [0.1, 0.15) is 0 Å². The first-order chi connectivity index (χ1) is 1.73. The molecule has 3 nitrogen and oxygen atoms in total. The largest absolute Gasteiger partial charge is 2.00 e. The van der Waals surface area contributed by atoms with E-state index < -0.39 is 9.17 Å². The molecule has 0 aromatic rings. The Hall–Kier alpha value is 4.24. The molecule has 14 heteroatoms. The van der Waals surface area contributed by atoms with Crippen molar-refractivity contribution >= 4 is 160 Å². The van der Waals surface area contributed by atoms with Crippen LogP contribution in [0.5, 0.6) is 0 Å². The average Bonchev–Trinajstić information content (AvgIpc) is 0.811. The molecular formula is Ca4F6O3Si. The molecule has 14 heavy (non-hydrogen) atoms. The van der Waals surface area contributed by atoms with Crippen molar-refractivity contribution < 1.29 is 42.3 Å². The fourth-order valence-corrected chi connectivity index (χ4v) is 0. The summed E-state index contributed by atoms with van der Waals surface area (Å²) in [6, 6.07) is 0. The van der Waals surface area contributed by atoms with Gasteiger partial charge in [-0.3, -0.25) is 0 Å². The van der Waals surface area contributed by atoms with Crippen LogP contribution in [0.4, 0.5) is 0 Å². The predicted molar refractivity (Wildman–Crippen MR) is 29.5 cm³/mol. The molecule has 0 aliphatic carbocycles. The van der Waals surface area contributed by atoms with Crippen LogP contribution < -0.4 is 37.8 Å². The maximum atomic E-state index is 8.52. The second-order valence-electron chi connectivity index (χ2n) is 0.250. The van der Waals surface area contributed by atoms with Crippen LogP contribution in [0.25, 0.3) is 0 Å². The van der Waals surface area contributed by atoms with E-state index >= 15 is 0 Å². The van der Waals surface area contributed by atoms with E-state index in [1.165, 1.54) is 0 Å². The van der Waals surface area contributed by atoms with E-state index in [9.17, 15) is 0 Å². The van der Waals surface area contributed by atoms with Crippen molar-refractivity contribution in [2.75, 3.05) is 0 Å². The van der Waals surface area contributed by atoms with Gasteiger partial charge in [0, 0.05) is 9.17 Å². The van der Waals surface area contributed by atoms with Crippen molar-refractivity contribution in [3.63, 3.8) is 0 Å². The minimum atomic E-state index is -3.63. The van der Waals surface area contributed by atoms with Crippen LogP contribution in [0.3, 0.4) is 0 Å². The second-order valence-corrected chi connectivity index (χ2v) is 0.750. The summed E-state index contributed by atoms with van der Waals surface area (Å²) in [5, 5.41) is 0. The molecule has 0 aliphatic heterocycles. The molecule has 0 unspecified atom stereocenters. The van der Waals surface area contributed by atoms with Gasteiger partial charge >= 0.3 is 151 Å². The molecule has 0 saturated heterocycles. The molecule has 0 aliphatic rings. The van der Waals surface area contributed by atoms with Gasteiger partial charge < -0.3 is 42.3 Å². The summed E-state index contributed by atoms with van der Waals surface area (Å²) in [6.07, 6.45) is 0. The van der Waals surface area contributed by atoms with Crippen LogP contribution in [0, 0.1) is 0 Å². The third-order valence-corrected chi connectivity index (χ3v) is 0. The number of hydrogen-bond acceptors (Lipinski definition) is 3. The fraction of sp³-hybridized carbons (Fsp3) is 0. The summed E-state index contributed by atoms with van der Waals surface area (Å²) in [7, 11) is -3.63. The summed E-state index contributed by atoms with van der Waals surface area (Å²) in [5.74, 6) is 0. The zero-order chi connectivity index (χ0) is 3.58. The van der Waals surface area contributed by atoms with Crippen molar-refractivity contribution in [2.24, 2.45) is 0 Å². The average molecular weight is 350 g/mol. The van der Waals surface area contributed by atoms with Crippen LogP contribution in [0.1, 0.15) is 0 Å². The Morgan fingerprint density at radius 1 is 0.571 bits per heavy atom. The second kappa shape index (κ2) is 86.8. The molecule has 0 atom stereocenters. The quantitative estimate of drug-likeness (QED) is 0.322. The predicted octanol–water partition coefficient (Wildman–Crippen LogP) is -22.4. The van der Waals surface area contributed by atoms with Gasteiger partial charge in [-0.05, 0) is 0 Å². The Bertz CT molecular complexity index is 48.1. The van der Waals surface area contributed by atoms with Gasteiger partial charge in [0.25, 0.3) is 0 Å². The molecule has 0 amide bonds. The van der Waals surface area contributed by atoms with Crippen LogP contribution in [-0.4, -0.2) is 160 Å². The first-order valence-corrected chi connectivity index (χ1v) is 1.84. The van der Waals surface area contributed by atoms with Gasteiger partial charge in [-0.15, -0.1) is 0 Å². The number of halogens is 6. The monoisotopic (exact) mass is 350 g/mol. The van der Waals surface area contributed by atoms with Crippen molar-refractivity contribution in [3.05, 3.63) is 0 Å².